The van der Waals surface area contributed by atoms with E-state index in [4.69, 9.17) is 0 Å². The van der Waals surface area contributed by atoms with Crippen LogP contribution in [0.4, 0.5) is 0 Å². The second kappa shape index (κ2) is 8.77. The predicted molar refractivity (Wildman–Crippen MR) is 105 cm³/mol. The quantitative estimate of drug-likeness (QED) is 0.450. The van der Waals surface area contributed by atoms with Gasteiger partial charge in [-0.3, -0.25) is 9.59 Å². The van der Waals surface area contributed by atoms with E-state index in [9.17, 15) is 9.59 Å². The summed E-state index contributed by atoms with van der Waals surface area (Å²) in [7, 11) is 6.42. The molecule has 0 bridgehead atoms. The molecule has 1 amide bonds. The van der Waals surface area contributed by atoms with Gasteiger partial charge in [0.1, 0.15) is 0 Å². The third kappa shape index (κ3) is 5.81. The molecule has 0 aromatic heterocycles. The largest absolute Gasteiger partial charge is 0.355 e. The summed E-state index contributed by atoms with van der Waals surface area (Å²) in [5, 5.41) is 3.00. The van der Waals surface area contributed by atoms with Crippen LogP contribution in [0, 0.1) is 0 Å². The van der Waals surface area contributed by atoms with Gasteiger partial charge < -0.3 is 9.80 Å². The fourth-order valence-electron chi connectivity index (χ4n) is 2.77. The number of hydrogen-bond acceptors (Lipinski definition) is 2. The minimum Gasteiger partial charge on any atom is -0.355 e. The average Bonchev–Trinajstić information content (AvgIpc) is 2.64. The van der Waals surface area contributed by atoms with E-state index in [0.717, 1.165) is 23.0 Å². The van der Waals surface area contributed by atoms with Crippen LogP contribution in [0.2, 0.25) is 0 Å². The number of quaternary nitrogens is 1. The summed E-state index contributed by atoms with van der Waals surface area (Å²) in [6, 6.07) is 16.6. The maximum atomic E-state index is 12.6. The monoisotopic (exact) mass is 353 g/mol. The minimum atomic E-state index is -0.289. The van der Waals surface area contributed by atoms with E-state index < -0.39 is 0 Å². The van der Waals surface area contributed by atoms with Gasteiger partial charge in [0, 0.05) is 24.1 Å². The van der Waals surface area contributed by atoms with Crippen LogP contribution in [0.1, 0.15) is 40.7 Å². The molecule has 2 rings (SSSR count). The molecule has 138 valence electrons. The molecule has 4 heteroatoms. The van der Waals surface area contributed by atoms with Gasteiger partial charge >= 0.3 is 0 Å². The first kappa shape index (κ1) is 19.9. The Hall–Kier alpha value is -2.46. The molecule has 2 aromatic carbocycles. The molecule has 26 heavy (non-hydrogen) atoms. The molecular formula is C22H29N2O2+. The van der Waals surface area contributed by atoms with Crippen molar-refractivity contribution in [1.29, 1.82) is 0 Å². The number of nitrogens with zero attached hydrogens (tertiary/aromatic N) is 1. The van der Waals surface area contributed by atoms with Crippen LogP contribution >= 0.6 is 0 Å². The smallest absolute Gasteiger partial charge is 0.227 e. The molecule has 0 fully saturated rings. The van der Waals surface area contributed by atoms with Crippen LogP contribution in [-0.2, 0) is 4.79 Å². The molecule has 0 heterocycles. The summed E-state index contributed by atoms with van der Waals surface area (Å²) in [6.07, 6.45) is 0.939. The van der Waals surface area contributed by atoms with Gasteiger partial charge in [-0.1, -0.05) is 48.5 Å². The third-order valence-corrected chi connectivity index (χ3v) is 4.38. The topological polar surface area (TPSA) is 46.2 Å². The standard InChI is InChI=1S/C22H28N2O2/c1-17(22(26)23-14-9-15-24(2,3)4)19-12-8-13-20(16-19)21(25)18-10-6-5-7-11-18/h5-8,10-13,16-17H,9,14-15H2,1-4H3/p+1/t17-/m1/s1. The normalized spacial score (nSPS) is 12.5. The highest BCUT2D eigenvalue weighted by molar-refractivity contribution is 6.09. The average molecular weight is 353 g/mol. The van der Waals surface area contributed by atoms with Gasteiger partial charge in [0.15, 0.2) is 5.78 Å². The van der Waals surface area contributed by atoms with Crippen molar-refractivity contribution >= 4 is 11.7 Å². The lowest BCUT2D eigenvalue weighted by Gasteiger charge is -2.24. The SMILES string of the molecule is C[C@@H](C(=O)NCCC[N+](C)(C)C)c1cccc(C(=O)c2ccccc2)c1. The Morgan fingerprint density at radius 2 is 1.62 bits per heavy atom. The van der Waals surface area contributed by atoms with E-state index in [2.05, 4.69) is 26.5 Å². The summed E-state index contributed by atoms with van der Waals surface area (Å²) in [5.74, 6) is -0.318. The van der Waals surface area contributed by atoms with Crippen molar-refractivity contribution in [3.05, 3.63) is 71.3 Å². The Morgan fingerprint density at radius 1 is 0.962 bits per heavy atom. The highest BCUT2D eigenvalue weighted by atomic mass is 16.1. The van der Waals surface area contributed by atoms with E-state index >= 15 is 0 Å². The van der Waals surface area contributed by atoms with E-state index in [1.807, 2.05) is 43.3 Å². The summed E-state index contributed by atoms with van der Waals surface area (Å²) < 4.78 is 0.884. The molecule has 0 spiro atoms. The molecule has 2 aromatic rings. The first-order chi connectivity index (χ1) is 12.3. The number of benzene rings is 2. The Labute approximate surface area is 156 Å². The van der Waals surface area contributed by atoms with Gasteiger partial charge in [0.05, 0.1) is 33.6 Å². The fraction of sp³-hybridized carbons (Fsp3) is 0.364. The lowest BCUT2D eigenvalue weighted by molar-refractivity contribution is -0.870. The van der Waals surface area contributed by atoms with Gasteiger partial charge in [-0.2, -0.15) is 0 Å². The van der Waals surface area contributed by atoms with Crippen molar-refractivity contribution in [2.75, 3.05) is 34.2 Å². The van der Waals surface area contributed by atoms with Crippen LogP contribution in [0.3, 0.4) is 0 Å². The van der Waals surface area contributed by atoms with E-state index in [1.165, 1.54) is 0 Å². The zero-order valence-corrected chi connectivity index (χ0v) is 16.2. The first-order valence-electron chi connectivity index (χ1n) is 9.06. The number of ketones is 1. The number of carbonyl (C=O) groups excluding carboxylic acids is 2. The number of hydrogen-bond donors (Lipinski definition) is 1. The van der Waals surface area contributed by atoms with Crippen LogP contribution in [0.25, 0.3) is 0 Å². The number of amides is 1. The molecular weight excluding hydrogens is 324 g/mol. The Kier molecular flexibility index (Phi) is 6.70. The van der Waals surface area contributed by atoms with Crippen LogP contribution in [0.5, 0.6) is 0 Å². The van der Waals surface area contributed by atoms with E-state index in [-0.39, 0.29) is 17.6 Å². The summed E-state index contributed by atoms with van der Waals surface area (Å²) in [6.45, 7) is 3.55. The minimum absolute atomic E-state index is 0.00396. The van der Waals surface area contributed by atoms with Crippen LogP contribution in [-0.4, -0.2) is 50.4 Å². The molecule has 0 saturated heterocycles. The van der Waals surface area contributed by atoms with E-state index in [0.29, 0.717) is 17.7 Å². The molecule has 1 atom stereocenters. The van der Waals surface area contributed by atoms with Crippen LogP contribution < -0.4 is 5.32 Å². The Morgan fingerprint density at radius 3 is 2.27 bits per heavy atom. The molecule has 0 radical (unpaired) electrons. The zero-order chi connectivity index (χ0) is 19.2. The Bertz CT molecular complexity index is 748. The second-order valence-electron chi connectivity index (χ2n) is 7.70. The second-order valence-corrected chi connectivity index (χ2v) is 7.70. The van der Waals surface area contributed by atoms with Gasteiger partial charge in [-0.25, -0.2) is 0 Å². The molecule has 0 saturated carbocycles. The molecule has 1 N–H and O–H groups in total. The Balaban J connectivity index is 2.00. The zero-order valence-electron chi connectivity index (χ0n) is 16.2. The van der Waals surface area contributed by atoms with Crippen molar-refractivity contribution in [2.45, 2.75) is 19.3 Å². The first-order valence-corrected chi connectivity index (χ1v) is 9.06. The molecule has 4 nitrogen and oxygen atoms in total. The summed E-state index contributed by atoms with van der Waals surface area (Å²) >= 11 is 0. The summed E-state index contributed by atoms with van der Waals surface area (Å²) in [5.41, 5.74) is 2.12. The van der Waals surface area contributed by atoms with E-state index in [1.54, 1.807) is 18.2 Å². The lowest BCUT2D eigenvalue weighted by Crippen LogP contribution is -2.38. The molecule has 0 aliphatic rings. The maximum Gasteiger partial charge on any atom is 0.227 e. The van der Waals surface area contributed by atoms with Gasteiger partial charge in [0.2, 0.25) is 5.91 Å². The van der Waals surface area contributed by atoms with Crippen molar-refractivity contribution in [1.82, 2.24) is 5.32 Å². The van der Waals surface area contributed by atoms with Gasteiger partial charge in [-0.15, -0.1) is 0 Å². The molecule has 0 aliphatic carbocycles. The predicted octanol–water partition coefficient (Wildman–Crippen LogP) is 3.23. The number of carbonyl (C=O) groups is 2. The van der Waals surface area contributed by atoms with Crippen molar-refractivity contribution in [3.63, 3.8) is 0 Å². The number of nitrogens with one attached hydrogen (secondary N) is 1. The highest BCUT2D eigenvalue weighted by Crippen LogP contribution is 2.19. The van der Waals surface area contributed by atoms with Crippen molar-refractivity contribution in [3.8, 4) is 0 Å². The third-order valence-electron chi connectivity index (χ3n) is 4.38. The van der Waals surface area contributed by atoms with Gasteiger partial charge in [-0.05, 0) is 18.6 Å². The molecule has 0 aliphatic heterocycles. The fourth-order valence-corrected chi connectivity index (χ4v) is 2.77. The van der Waals surface area contributed by atoms with Gasteiger partial charge in [0.25, 0.3) is 0 Å². The highest BCUT2D eigenvalue weighted by Gasteiger charge is 2.17. The molecule has 0 unspecified atom stereocenters. The van der Waals surface area contributed by atoms with Crippen molar-refractivity contribution in [2.24, 2.45) is 0 Å². The van der Waals surface area contributed by atoms with Crippen molar-refractivity contribution < 1.29 is 14.1 Å². The summed E-state index contributed by atoms with van der Waals surface area (Å²) in [4.78, 5) is 25.0. The van der Waals surface area contributed by atoms with Crippen LogP contribution in [0.15, 0.2) is 54.6 Å². The maximum absolute atomic E-state index is 12.6. The number of rotatable bonds is 8. The lowest BCUT2D eigenvalue weighted by atomic mass is 9.95.